The van der Waals surface area contributed by atoms with Gasteiger partial charge in [-0.3, -0.25) is 4.90 Å². The van der Waals surface area contributed by atoms with Gasteiger partial charge in [0, 0.05) is 13.6 Å². The lowest BCUT2D eigenvalue weighted by Crippen LogP contribution is -2.63. The van der Waals surface area contributed by atoms with Gasteiger partial charge in [-0.05, 0) is 103 Å². The zero-order chi connectivity index (χ0) is 33.9. The Balaban J connectivity index is 3.35. The zero-order valence-corrected chi connectivity index (χ0v) is 29.4. The third-order valence-corrected chi connectivity index (χ3v) is 7.80. The molecule has 0 aliphatic carbocycles. The fourth-order valence-electron chi connectivity index (χ4n) is 4.03. The third-order valence-electron chi connectivity index (χ3n) is 6.84. The van der Waals surface area contributed by atoms with Crippen molar-refractivity contribution < 1.29 is 46.3 Å². The molecule has 0 aromatic rings. The van der Waals surface area contributed by atoms with Crippen LogP contribution >= 0.6 is 0 Å². The highest BCUT2D eigenvalue weighted by Gasteiger charge is 2.51. The monoisotopic (exact) mass is 635 g/mol. The average molecular weight is 636 g/mol. The average Bonchev–Trinajstić information content (AvgIpc) is 2.94. The molecule has 1 heterocycles. The number of hydrogen-bond acceptors (Lipinski definition) is 10. The van der Waals surface area contributed by atoms with E-state index in [-0.39, 0.29) is 6.42 Å². The second kappa shape index (κ2) is 13.5. The molecule has 1 saturated heterocycles. The first-order valence-electron chi connectivity index (χ1n) is 14.6. The van der Waals surface area contributed by atoms with E-state index in [1.807, 2.05) is 27.7 Å². The van der Waals surface area contributed by atoms with Crippen LogP contribution in [0.1, 0.15) is 109 Å². The highest BCUT2D eigenvalue weighted by molar-refractivity contribution is 7.88. The van der Waals surface area contributed by atoms with E-state index in [2.05, 4.69) is 4.72 Å². The molecule has 0 radical (unpaired) electrons. The number of hydrogen-bond donors (Lipinski definition) is 2. The molecule has 15 heteroatoms. The van der Waals surface area contributed by atoms with Crippen LogP contribution in [0.4, 0.5) is 9.59 Å². The Morgan fingerprint density at radius 3 is 1.70 bits per heavy atom. The largest absolute Gasteiger partial charge is 0.458 e. The minimum absolute atomic E-state index is 0.00782. The van der Waals surface area contributed by atoms with Crippen LogP contribution in [0.2, 0.25) is 6.32 Å². The molecule has 1 atom stereocenters. The first-order chi connectivity index (χ1) is 19.0. The molecule has 0 aromatic heterocycles. The van der Waals surface area contributed by atoms with Crippen molar-refractivity contribution in [3.05, 3.63) is 0 Å². The molecule has 0 bridgehead atoms. The summed E-state index contributed by atoms with van der Waals surface area (Å²) in [6.45, 7) is 21.9. The quantitative estimate of drug-likeness (QED) is 0.143. The molecule has 1 aliphatic heterocycles. The number of carbonyl (C=O) groups excluding carboxylic acids is 3. The predicted octanol–water partition coefficient (Wildman–Crippen LogP) is 4.56. The van der Waals surface area contributed by atoms with Crippen LogP contribution in [0, 0.1) is 0 Å². The van der Waals surface area contributed by atoms with Crippen molar-refractivity contribution >= 4 is 35.5 Å². The smallest absolute Gasteiger partial charge is 0.457 e. The van der Waals surface area contributed by atoms with Crippen LogP contribution in [0.15, 0.2) is 0 Å². The van der Waals surface area contributed by atoms with Gasteiger partial charge in [0.1, 0.15) is 16.8 Å². The van der Waals surface area contributed by atoms with Gasteiger partial charge in [-0.25, -0.2) is 19.1 Å². The van der Waals surface area contributed by atoms with E-state index in [0.29, 0.717) is 19.2 Å². The number of likely N-dealkylation sites (N-methyl/N-ethyl adjacent to an activating group) is 1. The van der Waals surface area contributed by atoms with Crippen molar-refractivity contribution in [3.8, 4) is 0 Å². The fraction of sp³-hybridized carbons (Fsp3) is 0.893. The maximum Gasteiger partial charge on any atom is 0.457 e. The summed E-state index contributed by atoms with van der Waals surface area (Å²) in [7, 11) is -3.65. The predicted molar refractivity (Wildman–Crippen MR) is 164 cm³/mol. The van der Waals surface area contributed by atoms with Crippen LogP contribution in [0.5, 0.6) is 0 Å². The Bertz CT molecular complexity index is 1090. The molecular formula is C28H54BN3O10S. The van der Waals surface area contributed by atoms with E-state index in [9.17, 15) is 22.8 Å². The minimum atomic E-state index is -4.53. The van der Waals surface area contributed by atoms with Crippen molar-refractivity contribution in [2.45, 2.75) is 149 Å². The number of nitrogens with one attached hydrogen (secondary N) is 2. The number of unbranched alkanes of at least 4 members (excludes halogenated alkanes) is 1. The van der Waals surface area contributed by atoms with Crippen molar-refractivity contribution in [2.24, 2.45) is 0 Å². The lowest BCUT2D eigenvalue weighted by molar-refractivity contribution is -0.169. The molecule has 0 saturated carbocycles. The molecule has 0 spiro atoms. The number of amides is 2. The number of carbonyl (C=O) groups is 3. The highest BCUT2D eigenvalue weighted by Crippen LogP contribution is 2.38. The number of ether oxygens (including phenoxy) is 3. The lowest BCUT2D eigenvalue weighted by atomic mass is 9.80. The lowest BCUT2D eigenvalue weighted by Gasteiger charge is -2.41. The first-order valence-corrected chi connectivity index (χ1v) is 16.1. The number of nitrogens with zero attached hydrogens (tertiary/aromatic N) is 1. The van der Waals surface area contributed by atoms with Crippen molar-refractivity contribution in [3.63, 3.8) is 0 Å². The van der Waals surface area contributed by atoms with E-state index >= 15 is 0 Å². The zero-order valence-electron chi connectivity index (χ0n) is 28.6. The van der Waals surface area contributed by atoms with E-state index in [1.165, 1.54) is 7.05 Å². The highest BCUT2D eigenvalue weighted by atomic mass is 32.2. The van der Waals surface area contributed by atoms with E-state index in [0.717, 1.165) is 4.90 Å². The van der Waals surface area contributed by atoms with Gasteiger partial charge >= 0.3 is 35.5 Å². The Kier molecular flexibility index (Phi) is 12.2. The van der Waals surface area contributed by atoms with Crippen molar-refractivity contribution in [2.75, 3.05) is 13.6 Å². The Morgan fingerprint density at radius 2 is 1.26 bits per heavy atom. The molecule has 1 unspecified atom stereocenters. The second-order valence-corrected chi connectivity index (χ2v) is 16.4. The van der Waals surface area contributed by atoms with Crippen LogP contribution in [0.25, 0.3) is 0 Å². The van der Waals surface area contributed by atoms with Gasteiger partial charge in [-0.2, -0.15) is 13.1 Å². The van der Waals surface area contributed by atoms with Gasteiger partial charge in [-0.15, -0.1) is 0 Å². The molecule has 13 nitrogen and oxygen atoms in total. The summed E-state index contributed by atoms with van der Waals surface area (Å²) in [5.41, 5.74) is -5.68. The standard InChI is InChI=1S/C28H54BN3O10S/c1-23(2,3)38-20(33)28(32(14)22(35)40-25(7,8)9,19-30-43(36,37)31-21(34)39-24(4,5)6)17-15-16-18-29-41-26(10,11)27(12,13)42-29/h30H,15-19H2,1-14H3,(H,31,34). The van der Waals surface area contributed by atoms with E-state index in [4.69, 9.17) is 23.5 Å². The van der Waals surface area contributed by atoms with Crippen LogP contribution in [0.3, 0.4) is 0 Å². The summed E-state index contributed by atoms with van der Waals surface area (Å²) >= 11 is 0. The molecule has 1 fully saturated rings. The Morgan fingerprint density at radius 1 is 0.791 bits per heavy atom. The summed E-state index contributed by atoms with van der Waals surface area (Å²) in [6.07, 6.45) is -0.690. The van der Waals surface area contributed by atoms with E-state index < -0.39 is 75.6 Å². The Hall–Kier alpha value is -2.10. The third kappa shape index (κ3) is 12.4. The summed E-state index contributed by atoms with van der Waals surface area (Å²) in [5.74, 6) is -0.844. The molecule has 2 amide bonds. The summed E-state index contributed by atoms with van der Waals surface area (Å²) in [6, 6.07) is 0. The van der Waals surface area contributed by atoms with Crippen LogP contribution in [-0.4, -0.2) is 85.7 Å². The minimum Gasteiger partial charge on any atom is -0.458 e. The first kappa shape index (κ1) is 38.9. The molecule has 43 heavy (non-hydrogen) atoms. The summed E-state index contributed by atoms with van der Waals surface area (Å²) in [4.78, 5) is 40.4. The van der Waals surface area contributed by atoms with Crippen molar-refractivity contribution in [1.82, 2.24) is 14.3 Å². The maximum absolute atomic E-state index is 13.9. The molecule has 1 rings (SSSR count). The maximum atomic E-state index is 13.9. The van der Waals surface area contributed by atoms with Gasteiger partial charge < -0.3 is 23.5 Å². The molecule has 0 aromatic carbocycles. The SMILES string of the molecule is CN(C(=O)OC(C)(C)C)C(CCCCB1OC(C)(C)C(C)(C)O1)(CNS(=O)(=O)NC(=O)OC(C)(C)C)C(=O)OC(C)(C)C. The fourth-order valence-corrected chi connectivity index (χ4v) is 4.80. The normalized spacial score (nSPS) is 18.4. The van der Waals surface area contributed by atoms with E-state index in [1.54, 1.807) is 67.0 Å². The second-order valence-electron chi connectivity index (χ2n) is 14.9. The van der Waals surface area contributed by atoms with Gasteiger partial charge in [0.2, 0.25) is 0 Å². The number of esters is 1. The van der Waals surface area contributed by atoms with Gasteiger partial charge in [0.15, 0.2) is 5.54 Å². The van der Waals surface area contributed by atoms with Gasteiger partial charge in [0.05, 0.1) is 11.2 Å². The van der Waals surface area contributed by atoms with Crippen molar-refractivity contribution in [1.29, 1.82) is 0 Å². The van der Waals surface area contributed by atoms with Gasteiger partial charge in [0.25, 0.3) is 0 Å². The van der Waals surface area contributed by atoms with Crippen LogP contribution < -0.4 is 9.44 Å². The number of rotatable bonds is 11. The Labute approximate surface area is 258 Å². The molecule has 1 aliphatic rings. The summed E-state index contributed by atoms with van der Waals surface area (Å²) < 4.78 is 58.2. The van der Waals surface area contributed by atoms with Gasteiger partial charge in [-0.1, -0.05) is 12.8 Å². The molecular weight excluding hydrogens is 581 g/mol. The summed E-state index contributed by atoms with van der Waals surface area (Å²) in [5, 5.41) is 0. The topological polar surface area (TPSA) is 159 Å². The molecule has 250 valence electrons. The molecule has 2 N–H and O–H groups in total. The van der Waals surface area contributed by atoms with Crippen LogP contribution in [-0.2, 0) is 38.5 Å².